The summed E-state index contributed by atoms with van der Waals surface area (Å²) < 4.78 is 72.0. The van der Waals surface area contributed by atoms with Gasteiger partial charge < -0.3 is 10.1 Å². The van der Waals surface area contributed by atoms with Crippen molar-refractivity contribution in [3.05, 3.63) is 83.4 Å². The zero-order valence-corrected chi connectivity index (χ0v) is 18.9. The monoisotopic (exact) mass is 490 g/mol. The van der Waals surface area contributed by atoms with Crippen LogP contribution in [0.3, 0.4) is 0 Å². The van der Waals surface area contributed by atoms with Crippen molar-refractivity contribution in [1.29, 1.82) is 0 Å². The second-order valence-electron chi connectivity index (χ2n) is 7.73. The molecule has 1 aliphatic rings. The average Bonchev–Trinajstić information content (AvgIpc) is 2.83. The molecule has 178 valence electrons. The van der Waals surface area contributed by atoms with Gasteiger partial charge in [0.1, 0.15) is 5.75 Å². The molecule has 1 aliphatic heterocycles. The Morgan fingerprint density at radius 2 is 1.76 bits per heavy atom. The summed E-state index contributed by atoms with van der Waals surface area (Å²) in [6.07, 6.45) is -3.29. The summed E-state index contributed by atoms with van der Waals surface area (Å²) in [4.78, 5) is 12.7. The molecule has 3 aromatic rings. The van der Waals surface area contributed by atoms with E-state index >= 15 is 0 Å². The maximum absolute atomic E-state index is 13.3. The molecule has 3 aromatic carbocycles. The summed E-state index contributed by atoms with van der Waals surface area (Å²) in [6, 6.07) is 15.0. The van der Waals surface area contributed by atoms with Gasteiger partial charge >= 0.3 is 6.18 Å². The summed E-state index contributed by atoms with van der Waals surface area (Å²) in [6.45, 7) is 0.256. The van der Waals surface area contributed by atoms with E-state index in [1.807, 2.05) is 0 Å². The minimum atomic E-state index is -4.57. The number of sulfonamides is 1. The number of carbonyl (C=O) groups excluding carboxylic acids is 1. The van der Waals surface area contributed by atoms with Crippen LogP contribution in [0.15, 0.2) is 71.6 Å². The van der Waals surface area contributed by atoms with Crippen molar-refractivity contribution in [2.45, 2.75) is 23.9 Å². The predicted molar refractivity (Wildman–Crippen MR) is 122 cm³/mol. The Morgan fingerprint density at radius 3 is 2.44 bits per heavy atom. The van der Waals surface area contributed by atoms with Gasteiger partial charge in [0, 0.05) is 17.8 Å². The van der Waals surface area contributed by atoms with Crippen LogP contribution in [-0.4, -0.2) is 28.0 Å². The van der Waals surface area contributed by atoms with Crippen molar-refractivity contribution in [2.24, 2.45) is 0 Å². The van der Waals surface area contributed by atoms with E-state index in [0.717, 1.165) is 23.8 Å². The third-order valence-corrected chi connectivity index (χ3v) is 7.35. The average molecular weight is 491 g/mol. The highest BCUT2D eigenvalue weighted by Gasteiger charge is 2.31. The van der Waals surface area contributed by atoms with Gasteiger partial charge in [-0.2, -0.15) is 13.2 Å². The number of anilines is 2. The fraction of sp³-hybridized carbons (Fsp3) is 0.208. The molecule has 1 N–H and O–H groups in total. The maximum atomic E-state index is 13.3. The SMILES string of the molecule is COc1ccc(S(=O)(=O)N2CCCc3ccc(NC(=O)c4cccc(C(F)(F)F)c4)cc32)cc1. The highest BCUT2D eigenvalue weighted by Crippen LogP contribution is 2.35. The number of nitrogens with zero attached hydrogens (tertiary/aromatic N) is 1. The number of methoxy groups -OCH3 is 1. The van der Waals surface area contributed by atoms with Gasteiger partial charge in [-0.3, -0.25) is 9.10 Å². The van der Waals surface area contributed by atoms with Crippen LogP contribution >= 0.6 is 0 Å². The van der Waals surface area contributed by atoms with Crippen LogP contribution < -0.4 is 14.4 Å². The molecule has 10 heteroatoms. The molecule has 0 aromatic heterocycles. The van der Waals surface area contributed by atoms with Crippen LogP contribution in [0, 0.1) is 0 Å². The molecule has 0 saturated carbocycles. The van der Waals surface area contributed by atoms with E-state index in [4.69, 9.17) is 4.74 Å². The fourth-order valence-corrected chi connectivity index (χ4v) is 5.32. The number of ether oxygens (including phenoxy) is 1. The van der Waals surface area contributed by atoms with Crippen molar-refractivity contribution < 1.29 is 31.1 Å². The van der Waals surface area contributed by atoms with E-state index in [-0.39, 0.29) is 22.7 Å². The second-order valence-corrected chi connectivity index (χ2v) is 9.59. The first kappa shape index (κ1) is 23.6. The number of fused-ring (bicyclic) bond motifs is 1. The van der Waals surface area contributed by atoms with E-state index in [0.29, 0.717) is 24.3 Å². The first-order chi connectivity index (χ1) is 16.1. The van der Waals surface area contributed by atoms with Crippen LogP contribution in [-0.2, 0) is 22.6 Å². The van der Waals surface area contributed by atoms with Crippen molar-refractivity contribution in [3.8, 4) is 5.75 Å². The number of benzene rings is 3. The molecule has 1 amide bonds. The highest BCUT2D eigenvalue weighted by molar-refractivity contribution is 7.92. The Morgan fingerprint density at radius 1 is 1.03 bits per heavy atom. The number of hydrogen-bond acceptors (Lipinski definition) is 4. The second kappa shape index (κ2) is 9.02. The predicted octanol–water partition coefficient (Wildman–Crippen LogP) is 5.11. The third kappa shape index (κ3) is 4.72. The molecule has 6 nitrogen and oxygen atoms in total. The summed E-state index contributed by atoms with van der Waals surface area (Å²) >= 11 is 0. The standard InChI is InChI=1S/C24H21F3N2O4S/c1-33-20-9-11-21(12-10-20)34(31,32)29-13-3-5-16-7-8-19(15-22(16)29)28-23(30)17-4-2-6-18(14-17)24(25,26)27/h2,4,6-12,14-15H,3,5,13H2,1H3,(H,28,30). The topological polar surface area (TPSA) is 75.7 Å². The zero-order chi connectivity index (χ0) is 24.5. The molecule has 0 fully saturated rings. The van der Waals surface area contributed by atoms with Crippen LogP contribution in [0.5, 0.6) is 5.75 Å². The lowest BCUT2D eigenvalue weighted by Crippen LogP contribution is -2.35. The van der Waals surface area contributed by atoms with E-state index in [1.165, 1.54) is 35.7 Å². The van der Waals surface area contributed by atoms with Gasteiger partial charge in [-0.1, -0.05) is 12.1 Å². The molecular formula is C24H21F3N2O4S. The lowest BCUT2D eigenvalue weighted by molar-refractivity contribution is -0.137. The number of halogens is 3. The number of hydrogen-bond donors (Lipinski definition) is 1. The number of aryl methyl sites for hydroxylation is 1. The molecule has 0 radical (unpaired) electrons. The van der Waals surface area contributed by atoms with E-state index < -0.39 is 27.7 Å². The van der Waals surface area contributed by atoms with Gasteiger partial charge in [0.15, 0.2) is 0 Å². The molecule has 0 atom stereocenters. The van der Waals surface area contributed by atoms with Crippen LogP contribution in [0.4, 0.5) is 24.5 Å². The maximum Gasteiger partial charge on any atom is 0.416 e. The van der Waals surface area contributed by atoms with Gasteiger partial charge in [-0.15, -0.1) is 0 Å². The smallest absolute Gasteiger partial charge is 0.416 e. The minimum absolute atomic E-state index is 0.0968. The molecule has 0 unspecified atom stereocenters. The van der Waals surface area contributed by atoms with Gasteiger partial charge in [0.2, 0.25) is 0 Å². The Balaban J connectivity index is 1.63. The number of carbonyl (C=O) groups is 1. The highest BCUT2D eigenvalue weighted by atomic mass is 32.2. The van der Waals surface area contributed by atoms with E-state index in [9.17, 15) is 26.4 Å². The number of alkyl halides is 3. The zero-order valence-electron chi connectivity index (χ0n) is 18.1. The normalized spacial score (nSPS) is 13.8. The molecule has 1 heterocycles. The van der Waals surface area contributed by atoms with Crippen molar-refractivity contribution in [1.82, 2.24) is 0 Å². The Kier molecular flexibility index (Phi) is 6.26. The van der Waals surface area contributed by atoms with Crippen molar-refractivity contribution >= 4 is 27.3 Å². The molecule has 4 rings (SSSR count). The van der Waals surface area contributed by atoms with Crippen molar-refractivity contribution in [2.75, 3.05) is 23.3 Å². The number of nitrogens with one attached hydrogen (secondary N) is 1. The first-order valence-corrected chi connectivity index (χ1v) is 11.8. The van der Waals surface area contributed by atoms with Crippen molar-refractivity contribution in [3.63, 3.8) is 0 Å². The molecule has 0 spiro atoms. The first-order valence-electron chi connectivity index (χ1n) is 10.4. The Hall–Kier alpha value is -3.53. The Bertz CT molecular complexity index is 1320. The van der Waals surface area contributed by atoms with Crippen LogP contribution in [0.25, 0.3) is 0 Å². The summed E-state index contributed by atoms with van der Waals surface area (Å²) in [5.41, 5.74) is 0.403. The Labute approximate surface area is 195 Å². The van der Waals surface area contributed by atoms with Gasteiger partial charge in [0.05, 0.1) is 23.3 Å². The van der Waals surface area contributed by atoms with E-state index in [1.54, 1.807) is 24.3 Å². The number of amides is 1. The quantitative estimate of drug-likeness (QED) is 0.540. The summed E-state index contributed by atoms with van der Waals surface area (Å²) in [5.74, 6) is -0.205. The van der Waals surface area contributed by atoms with Gasteiger partial charge in [-0.05, 0) is 73.0 Å². The third-order valence-electron chi connectivity index (χ3n) is 5.52. The van der Waals surface area contributed by atoms with Crippen LogP contribution in [0.2, 0.25) is 0 Å². The molecule has 0 saturated heterocycles. The van der Waals surface area contributed by atoms with Gasteiger partial charge in [0.25, 0.3) is 15.9 Å². The lowest BCUT2D eigenvalue weighted by Gasteiger charge is -2.31. The lowest BCUT2D eigenvalue weighted by atomic mass is 10.0. The molecular weight excluding hydrogens is 469 g/mol. The van der Waals surface area contributed by atoms with Crippen LogP contribution in [0.1, 0.15) is 27.9 Å². The summed E-state index contributed by atoms with van der Waals surface area (Å²) in [7, 11) is -2.39. The fourth-order valence-electron chi connectivity index (χ4n) is 3.78. The van der Waals surface area contributed by atoms with Gasteiger partial charge in [-0.25, -0.2) is 8.42 Å². The summed E-state index contributed by atoms with van der Waals surface area (Å²) in [5, 5.41) is 2.57. The minimum Gasteiger partial charge on any atom is -0.497 e. The molecule has 34 heavy (non-hydrogen) atoms. The number of rotatable bonds is 5. The largest absolute Gasteiger partial charge is 0.497 e. The van der Waals surface area contributed by atoms with E-state index in [2.05, 4.69) is 5.32 Å². The molecule has 0 bridgehead atoms. The molecule has 0 aliphatic carbocycles.